The number of benzene rings is 2. The summed E-state index contributed by atoms with van der Waals surface area (Å²) in [6, 6.07) is 14.2. The number of aliphatic imine (C=N–C) groups is 1. The van der Waals surface area contributed by atoms with Crippen LogP contribution < -0.4 is 20.1 Å². The van der Waals surface area contributed by atoms with Crippen LogP contribution in [0.25, 0.3) is 0 Å². The van der Waals surface area contributed by atoms with E-state index in [1.54, 1.807) is 14.2 Å². The van der Waals surface area contributed by atoms with Crippen molar-refractivity contribution in [1.29, 1.82) is 0 Å². The molecule has 5 heteroatoms. The van der Waals surface area contributed by atoms with Crippen LogP contribution in [-0.2, 0) is 13.1 Å². The van der Waals surface area contributed by atoms with Crippen LogP contribution in [-0.4, -0.2) is 26.7 Å². The highest BCUT2D eigenvalue weighted by Gasteiger charge is 2.06. The van der Waals surface area contributed by atoms with E-state index in [-0.39, 0.29) is 0 Å². The standard InChI is InChI=1S/C20H27N3O2/c1-5-21-20(22-13-16-8-6-15(2)7-9-16)23-14-17-10-11-18(24-3)12-19(17)25-4/h6-12H,5,13-14H2,1-4H3,(H2,21,22,23). The van der Waals surface area contributed by atoms with Gasteiger partial charge in [-0.2, -0.15) is 0 Å². The van der Waals surface area contributed by atoms with E-state index in [2.05, 4.69) is 53.7 Å². The molecule has 0 spiro atoms. The molecule has 0 fully saturated rings. The van der Waals surface area contributed by atoms with Crippen LogP contribution in [0.4, 0.5) is 0 Å². The third-order valence-electron chi connectivity index (χ3n) is 3.83. The van der Waals surface area contributed by atoms with Crippen molar-refractivity contribution in [3.8, 4) is 11.5 Å². The van der Waals surface area contributed by atoms with Gasteiger partial charge in [0, 0.05) is 24.7 Å². The zero-order valence-electron chi connectivity index (χ0n) is 15.4. The number of rotatable bonds is 7. The molecule has 0 bridgehead atoms. The molecule has 2 N–H and O–H groups in total. The molecular weight excluding hydrogens is 314 g/mol. The molecule has 2 aromatic rings. The minimum Gasteiger partial charge on any atom is -0.497 e. The Morgan fingerprint density at radius 3 is 2.40 bits per heavy atom. The number of nitrogens with zero attached hydrogens (tertiary/aromatic N) is 1. The van der Waals surface area contributed by atoms with Gasteiger partial charge in [-0.05, 0) is 31.5 Å². The van der Waals surface area contributed by atoms with Crippen molar-refractivity contribution in [2.24, 2.45) is 4.99 Å². The molecule has 0 radical (unpaired) electrons. The molecule has 5 nitrogen and oxygen atoms in total. The van der Waals surface area contributed by atoms with Crippen molar-refractivity contribution < 1.29 is 9.47 Å². The second-order valence-corrected chi connectivity index (χ2v) is 5.71. The summed E-state index contributed by atoms with van der Waals surface area (Å²) in [4.78, 5) is 4.65. The van der Waals surface area contributed by atoms with E-state index in [1.807, 2.05) is 18.2 Å². The molecular formula is C20H27N3O2. The van der Waals surface area contributed by atoms with Crippen LogP contribution in [0.1, 0.15) is 23.6 Å². The molecule has 0 aliphatic carbocycles. The van der Waals surface area contributed by atoms with Crippen molar-refractivity contribution in [1.82, 2.24) is 10.6 Å². The number of guanidine groups is 1. The minimum absolute atomic E-state index is 0.618. The maximum atomic E-state index is 5.44. The molecule has 0 aromatic heterocycles. The second kappa shape index (κ2) is 9.57. The number of hydrogen-bond acceptors (Lipinski definition) is 3. The van der Waals surface area contributed by atoms with Gasteiger partial charge in [-0.25, -0.2) is 4.99 Å². The predicted octanol–water partition coefficient (Wildman–Crippen LogP) is 3.27. The summed E-state index contributed by atoms with van der Waals surface area (Å²) < 4.78 is 10.7. The van der Waals surface area contributed by atoms with Crippen LogP contribution in [0.3, 0.4) is 0 Å². The van der Waals surface area contributed by atoms with Gasteiger partial charge in [0.15, 0.2) is 5.96 Å². The Bertz CT molecular complexity index is 697. The van der Waals surface area contributed by atoms with Gasteiger partial charge < -0.3 is 20.1 Å². The number of ether oxygens (including phenoxy) is 2. The molecule has 0 aliphatic heterocycles. The molecule has 2 rings (SSSR count). The average Bonchev–Trinajstić information content (AvgIpc) is 2.65. The smallest absolute Gasteiger partial charge is 0.191 e. The van der Waals surface area contributed by atoms with E-state index < -0.39 is 0 Å². The number of methoxy groups -OCH3 is 2. The van der Waals surface area contributed by atoms with Gasteiger partial charge in [0.05, 0.1) is 20.8 Å². The SMILES string of the molecule is CCNC(=NCc1ccc(C)cc1)NCc1ccc(OC)cc1OC. The van der Waals surface area contributed by atoms with E-state index >= 15 is 0 Å². The Hall–Kier alpha value is -2.69. The molecule has 0 amide bonds. The zero-order chi connectivity index (χ0) is 18.1. The van der Waals surface area contributed by atoms with Crippen LogP contribution in [0.5, 0.6) is 11.5 Å². The normalized spacial score (nSPS) is 11.1. The van der Waals surface area contributed by atoms with Gasteiger partial charge in [-0.1, -0.05) is 29.8 Å². The highest BCUT2D eigenvalue weighted by Crippen LogP contribution is 2.24. The fourth-order valence-electron chi connectivity index (χ4n) is 2.38. The molecule has 0 unspecified atom stereocenters. The lowest BCUT2D eigenvalue weighted by Crippen LogP contribution is -2.36. The van der Waals surface area contributed by atoms with Gasteiger partial charge in [0.1, 0.15) is 11.5 Å². The summed E-state index contributed by atoms with van der Waals surface area (Å²) in [7, 11) is 3.31. The average molecular weight is 341 g/mol. The lowest BCUT2D eigenvalue weighted by Gasteiger charge is -2.14. The molecule has 25 heavy (non-hydrogen) atoms. The first-order valence-corrected chi connectivity index (χ1v) is 8.45. The summed E-state index contributed by atoms with van der Waals surface area (Å²) in [6.45, 7) is 6.19. The van der Waals surface area contributed by atoms with Gasteiger partial charge in [0.25, 0.3) is 0 Å². The fourth-order valence-corrected chi connectivity index (χ4v) is 2.38. The first-order chi connectivity index (χ1) is 12.2. The zero-order valence-corrected chi connectivity index (χ0v) is 15.4. The van der Waals surface area contributed by atoms with Crippen LogP contribution >= 0.6 is 0 Å². The summed E-state index contributed by atoms with van der Waals surface area (Å²) in [5.74, 6) is 2.35. The number of nitrogens with one attached hydrogen (secondary N) is 2. The Balaban J connectivity index is 2.03. The van der Waals surface area contributed by atoms with Crippen molar-refractivity contribution in [2.45, 2.75) is 26.9 Å². The van der Waals surface area contributed by atoms with Crippen molar-refractivity contribution in [2.75, 3.05) is 20.8 Å². The molecule has 0 atom stereocenters. The highest BCUT2D eigenvalue weighted by molar-refractivity contribution is 5.79. The fraction of sp³-hybridized carbons (Fsp3) is 0.350. The maximum Gasteiger partial charge on any atom is 0.191 e. The van der Waals surface area contributed by atoms with Crippen molar-refractivity contribution >= 4 is 5.96 Å². The van der Waals surface area contributed by atoms with Gasteiger partial charge >= 0.3 is 0 Å². The quantitative estimate of drug-likeness (QED) is 0.599. The summed E-state index contributed by atoms with van der Waals surface area (Å²) in [5.41, 5.74) is 3.48. The molecule has 0 aliphatic rings. The third kappa shape index (κ3) is 5.71. The number of hydrogen-bond donors (Lipinski definition) is 2. The molecule has 2 aromatic carbocycles. The molecule has 0 saturated carbocycles. The van der Waals surface area contributed by atoms with Crippen LogP contribution in [0.2, 0.25) is 0 Å². The predicted molar refractivity (Wildman–Crippen MR) is 102 cm³/mol. The maximum absolute atomic E-state index is 5.44. The van der Waals surface area contributed by atoms with E-state index in [4.69, 9.17) is 9.47 Å². The largest absolute Gasteiger partial charge is 0.497 e. The molecule has 0 saturated heterocycles. The van der Waals surface area contributed by atoms with Crippen molar-refractivity contribution in [3.05, 3.63) is 59.2 Å². The van der Waals surface area contributed by atoms with Crippen molar-refractivity contribution in [3.63, 3.8) is 0 Å². The van der Waals surface area contributed by atoms with Gasteiger partial charge in [-0.3, -0.25) is 0 Å². The van der Waals surface area contributed by atoms with E-state index in [1.165, 1.54) is 11.1 Å². The Labute approximate surface area is 150 Å². The first-order valence-electron chi connectivity index (χ1n) is 8.45. The minimum atomic E-state index is 0.618. The molecule has 0 heterocycles. The summed E-state index contributed by atoms with van der Waals surface area (Å²) >= 11 is 0. The monoisotopic (exact) mass is 341 g/mol. The summed E-state index contributed by atoms with van der Waals surface area (Å²) in [5, 5.41) is 6.62. The Morgan fingerprint density at radius 2 is 1.76 bits per heavy atom. The van der Waals surface area contributed by atoms with Gasteiger partial charge in [-0.15, -0.1) is 0 Å². The summed E-state index contributed by atoms with van der Waals surface area (Å²) in [6.07, 6.45) is 0. The topological polar surface area (TPSA) is 54.9 Å². The second-order valence-electron chi connectivity index (χ2n) is 5.71. The third-order valence-corrected chi connectivity index (χ3v) is 3.83. The highest BCUT2D eigenvalue weighted by atomic mass is 16.5. The molecule has 134 valence electrons. The number of aryl methyl sites for hydroxylation is 1. The Morgan fingerprint density at radius 1 is 1.00 bits per heavy atom. The van der Waals surface area contributed by atoms with E-state index in [0.717, 1.165) is 29.6 Å². The first kappa shape index (κ1) is 18.6. The van der Waals surface area contributed by atoms with Crippen LogP contribution in [0, 0.1) is 6.92 Å². The Kier molecular flexibility index (Phi) is 7.14. The van der Waals surface area contributed by atoms with Gasteiger partial charge in [0.2, 0.25) is 0 Å². The van der Waals surface area contributed by atoms with E-state index in [9.17, 15) is 0 Å². The lowest BCUT2D eigenvalue weighted by atomic mass is 10.1. The van der Waals surface area contributed by atoms with E-state index in [0.29, 0.717) is 13.1 Å². The lowest BCUT2D eigenvalue weighted by molar-refractivity contribution is 0.390. The van der Waals surface area contributed by atoms with Crippen LogP contribution in [0.15, 0.2) is 47.5 Å².